The zero-order valence-corrected chi connectivity index (χ0v) is 19.0. The van der Waals surface area contributed by atoms with Gasteiger partial charge in [-0.15, -0.1) is 0 Å². The second-order valence-electron chi connectivity index (χ2n) is 8.02. The molecule has 1 atom stereocenters. The lowest BCUT2D eigenvalue weighted by atomic mass is 10.1. The molecule has 0 aliphatic carbocycles. The van der Waals surface area contributed by atoms with Crippen LogP contribution in [0.4, 0.5) is 5.69 Å². The first-order valence-electron chi connectivity index (χ1n) is 11.0. The summed E-state index contributed by atoms with van der Waals surface area (Å²) in [6.45, 7) is 3.91. The summed E-state index contributed by atoms with van der Waals surface area (Å²) in [6.07, 6.45) is -0.882. The number of hydrogen-bond acceptors (Lipinski definition) is 6. The van der Waals surface area contributed by atoms with Gasteiger partial charge in [-0.25, -0.2) is 0 Å². The number of benzene rings is 3. The van der Waals surface area contributed by atoms with Crippen molar-refractivity contribution in [1.82, 2.24) is 10.1 Å². The first-order chi connectivity index (χ1) is 16.5. The van der Waals surface area contributed by atoms with Gasteiger partial charge >= 0.3 is 5.97 Å². The predicted molar refractivity (Wildman–Crippen MR) is 128 cm³/mol. The lowest BCUT2D eigenvalue weighted by Gasteiger charge is -2.18. The van der Waals surface area contributed by atoms with Gasteiger partial charge in [-0.05, 0) is 37.1 Å². The van der Waals surface area contributed by atoms with Crippen LogP contribution in [0.3, 0.4) is 0 Å². The lowest BCUT2D eigenvalue weighted by Crippen LogP contribution is -2.26. The zero-order chi connectivity index (χ0) is 23.9. The average Bonchev–Trinajstić information content (AvgIpc) is 3.31. The maximum atomic E-state index is 13.1. The molecule has 1 amide bonds. The van der Waals surface area contributed by atoms with Crippen molar-refractivity contribution in [2.45, 2.75) is 32.8 Å². The standard InChI is InChI=1S/C27H25N3O4/c1-18-15-19(2)17-22(16-18)28-27(32)25(20-9-5-3-6-10-20)33-24(31)14-13-23-29-26(30-34-23)21-11-7-4-8-12-21/h3-12,15-17,25H,13-14H2,1-2H3,(H,28,32). The summed E-state index contributed by atoms with van der Waals surface area (Å²) in [4.78, 5) is 30.1. The van der Waals surface area contributed by atoms with E-state index in [-0.39, 0.29) is 12.8 Å². The van der Waals surface area contributed by atoms with Gasteiger partial charge in [-0.1, -0.05) is 71.9 Å². The van der Waals surface area contributed by atoms with Crippen LogP contribution in [-0.2, 0) is 20.7 Å². The minimum Gasteiger partial charge on any atom is -0.447 e. The van der Waals surface area contributed by atoms with Gasteiger partial charge < -0.3 is 14.6 Å². The zero-order valence-electron chi connectivity index (χ0n) is 19.0. The molecule has 1 unspecified atom stereocenters. The molecule has 0 radical (unpaired) electrons. The fourth-order valence-corrected chi connectivity index (χ4v) is 3.62. The van der Waals surface area contributed by atoms with E-state index >= 15 is 0 Å². The predicted octanol–water partition coefficient (Wildman–Crippen LogP) is 5.21. The van der Waals surface area contributed by atoms with Crippen LogP contribution >= 0.6 is 0 Å². The van der Waals surface area contributed by atoms with Gasteiger partial charge in [0.25, 0.3) is 5.91 Å². The normalized spacial score (nSPS) is 11.6. The Morgan fingerprint density at radius 3 is 2.26 bits per heavy atom. The molecule has 7 nitrogen and oxygen atoms in total. The molecule has 0 aliphatic rings. The lowest BCUT2D eigenvalue weighted by molar-refractivity contribution is -0.154. The van der Waals surface area contributed by atoms with Crippen molar-refractivity contribution >= 4 is 17.6 Å². The molecule has 1 heterocycles. The van der Waals surface area contributed by atoms with Gasteiger partial charge in [0.2, 0.25) is 17.8 Å². The third-order valence-electron chi connectivity index (χ3n) is 5.12. The van der Waals surface area contributed by atoms with Gasteiger partial charge in [0.15, 0.2) is 0 Å². The van der Waals surface area contributed by atoms with E-state index in [9.17, 15) is 9.59 Å². The third-order valence-corrected chi connectivity index (χ3v) is 5.12. The number of carbonyl (C=O) groups is 2. The number of esters is 1. The summed E-state index contributed by atoms with van der Waals surface area (Å²) in [5.41, 5.74) is 4.11. The molecule has 7 heteroatoms. The Bertz CT molecular complexity index is 1250. The number of anilines is 1. The SMILES string of the molecule is Cc1cc(C)cc(NC(=O)C(OC(=O)CCc2nc(-c3ccccc3)no2)c2ccccc2)c1. The van der Waals surface area contributed by atoms with Crippen LogP contribution in [0.15, 0.2) is 83.4 Å². The minimum absolute atomic E-state index is 0.00338. The Balaban J connectivity index is 1.42. The molecule has 0 saturated carbocycles. The molecular weight excluding hydrogens is 430 g/mol. The molecule has 0 saturated heterocycles. The number of amides is 1. The molecule has 1 N–H and O–H groups in total. The number of nitrogens with one attached hydrogen (secondary N) is 1. The van der Waals surface area contributed by atoms with Gasteiger partial charge in [-0.2, -0.15) is 4.98 Å². The van der Waals surface area contributed by atoms with Crippen molar-refractivity contribution in [2.24, 2.45) is 0 Å². The van der Waals surface area contributed by atoms with E-state index in [2.05, 4.69) is 15.5 Å². The monoisotopic (exact) mass is 455 g/mol. The first kappa shape index (κ1) is 22.9. The van der Waals surface area contributed by atoms with Crippen molar-refractivity contribution in [3.63, 3.8) is 0 Å². The Morgan fingerprint density at radius 2 is 1.59 bits per heavy atom. The number of aromatic nitrogens is 2. The molecule has 0 aliphatic heterocycles. The van der Waals surface area contributed by atoms with Gasteiger partial charge in [0, 0.05) is 23.2 Å². The van der Waals surface area contributed by atoms with E-state index in [0.29, 0.717) is 23.0 Å². The molecule has 1 aromatic heterocycles. The Morgan fingerprint density at radius 1 is 0.941 bits per heavy atom. The second-order valence-corrected chi connectivity index (χ2v) is 8.02. The highest BCUT2D eigenvalue weighted by molar-refractivity contribution is 5.96. The summed E-state index contributed by atoms with van der Waals surface area (Å²) in [5.74, 6) is -0.178. The molecule has 172 valence electrons. The fraction of sp³-hybridized carbons (Fsp3) is 0.185. The summed E-state index contributed by atoms with van der Waals surface area (Å²) < 4.78 is 10.9. The maximum absolute atomic E-state index is 13.1. The highest BCUT2D eigenvalue weighted by Gasteiger charge is 2.25. The largest absolute Gasteiger partial charge is 0.447 e. The van der Waals surface area contributed by atoms with Gasteiger partial charge in [-0.3, -0.25) is 9.59 Å². The number of ether oxygens (including phenoxy) is 1. The minimum atomic E-state index is -1.09. The van der Waals surface area contributed by atoms with Crippen molar-refractivity contribution in [3.8, 4) is 11.4 Å². The highest BCUT2D eigenvalue weighted by atomic mass is 16.5. The van der Waals surface area contributed by atoms with Crippen molar-refractivity contribution in [2.75, 3.05) is 5.32 Å². The number of hydrogen-bond donors (Lipinski definition) is 1. The smallest absolute Gasteiger partial charge is 0.307 e. The second kappa shape index (κ2) is 10.6. The van der Waals surface area contributed by atoms with Crippen molar-refractivity contribution < 1.29 is 18.8 Å². The molecule has 4 aromatic rings. The highest BCUT2D eigenvalue weighted by Crippen LogP contribution is 2.22. The van der Waals surface area contributed by atoms with Gasteiger partial charge in [0.05, 0.1) is 6.42 Å². The van der Waals surface area contributed by atoms with Crippen LogP contribution in [0.25, 0.3) is 11.4 Å². The van der Waals surface area contributed by atoms with Crippen LogP contribution < -0.4 is 5.32 Å². The van der Waals surface area contributed by atoms with E-state index in [4.69, 9.17) is 9.26 Å². The first-order valence-corrected chi connectivity index (χ1v) is 11.0. The molecule has 0 fully saturated rings. The number of aryl methyl sites for hydroxylation is 3. The van der Waals surface area contributed by atoms with E-state index in [0.717, 1.165) is 16.7 Å². The Kier molecular flexibility index (Phi) is 7.13. The summed E-state index contributed by atoms with van der Waals surface area (Å²) in [6, 6.07) is 24.1. The maximum Gasteiger partial charge on any atom is 0.307 e. The van der Waals surface area contributed by atoms with E-state index < -0.39 is 18.0 Å². The third kappa shape index (κ3) is 5.95. The Labute approximate surface area is 197 Å². The Hall–Kier alpha value is -4.26. The van der Waals surface area contributed by atoms with Crippen molar-refractivity contribution in [3.05, 3.63) is 101 Å². The summed E-state index contributed by atoms with van der Waals surface area (Å²) in [5, 5.41) is 6.83. The van der Waals surface area contributed by atoms with Gasteiger partial charge in [0.1, 0.15) is 0 Å². The van der Waals surface area contributed by atoms with E-state index in [1.807, 2.05) is 68.4 Å². The summed E-state index contributed by atoms with van der Waals surface area (Å²) in [7, 11) is 0. The molecule has 3 aromatic carbocycles. The number of nitrogens with zero attached hydrogens (tertiary/aromatic N) is 2. The number of rotatable bonds is 8. The summed E-state index contributed by atoms with van der Waals surface area (Å²) >= 11 is 0. The molecule has 4 rings (SSSR count). The number of carbonyl (C=O) groups excluding carboxylic acids is 2. The molecular formula is C27H25N3O4. The molecule has 0 bridgehead atoms. The average molecular weight is 456 g/mol. The topological polar surface area (TPSA) is 94.3 Å². The van der Waals surface area contributed by atoms with E-state index in [1.54, 1.807) is 24.3 Å². The van der Waals surface area contributed by atoms with Crippen LogP contribution in [0.5, 0.6) is 0 Å². The van der Waals surface area contributed by atoms with Crippen LogP contribution in [0.1, 0.15) is 35.1 Å². The van der Waals surface area contributed by atoms with E-state index in [1.165, 1.54) is 0 Å². The van der Waals surface area contributed by atoms with Crippen molar-refractivity contribution in [1.29, 1.82) is 0 Å². The fourth-order valence-electron chi connectivity index (χ4n) is 3.62. The van der Waals surface area contributed by atoms with Crippen LogP contribution in [-0.4, -0.2) is 22.0 Å². The molecule has 0 spiro atoms. The quantitative estimate of drug-likeness (QED) is 0.367. The molecule has 34 heavy (non-hydrogen) atoms. The van der Waals surface area contributed by atoms with Crippen LogP contribution in [0.2, 0.25) is 0 Å². The van der Waals surface area contributed by atoms with Crippen LogP contribution in [0, 0.1) is 13.8 Å².